The molecule has 3 amide bonds. The zero-order valence-electron chi connectivity index (χ0n) is 21.0. The summed E-state index contributed by atoms with van der Waals surface area (Å²) in [5.74, 6) is -0.837. The summed E-state index contributed by atoms with van der Waals surface area (Å²) >= 11 is 4.27. The van der Waals surface area contributed by atoms with Gasteiger partial charge < -0.3 is 20.3 Å². The lowest BCUT2D eigenvalue weighted by Crippen LogP contribution is -2.53. The fraction of sp³-hybridized carbons (Fsp3) is 0.370. The molecular weight excluding hydrogens is 462 g/mol. The van der Waals surface area contributed by atoms with Crippen LogP contribution >= 0.6 is 12.6 Å². The molecule has 188 valence electrons. The zero-order valence-corrected chi connectivity index (χ0v) is 21.9. The molecule has 0 heterocycles. The number of carbonyl (C=O) groups is 3. The van der Waals surface area contributed by atoms with Gasteiger partial charge in [-0.3, -0.25) is 9.59 Å². The first-order valence-electron chi connectivity index (χ1n) is 11.4. The van der Waals surface area contributed by atoms with E-state index in [4.69, 9.17) is 4.74 Å². The Morgan fingerprint density at radius 1 is 1.09 bits per heavy atom. The van der Waals surface area contributed by atoms with Crippen molar-refractivity contribution in [3.05, 3.63) is 77.9 Å². The van der Waals surface area contributed by atoms with Gasteiger partial charge in [0.2, 0.25) is 5.91 Å². The highest BCUT2D eigenvalue weighted by Gasteiger charge is 2.35. The molecule has 0 fully saturated rings. The molecule has 0 saturated carbocycles. The van der Waals surface area contributed by atoms with E-state index in [0.29, 0.717) is 11.3 Å². The van der Waals surface area contributed by atoms with Gasteiger partial charge in [0.15, 0.2) is 0 Å². The van der Waals surface area contributed by atoms with Crippen molar-refractivity contribution in [3.8, 4) is 0 Å². The molecule has 35 heavy (non-hydrogen) atoms. The number of aryl methyl sites for hydroxylation is 2. The average Bonchev–Trinajstić information content (AvgIpc) is 2.78. The SMILES string of the molecule is C=CCN(C(=O)C(CS)NC(=O)OC(C)(C)C)C(C(=O)Nc1ccccc1C)c1ccc(C)cc1. The van der Waals surface area contributed by atoms with Crippen molar-refractivity contribution < 1.29 is 19.1 Å². The number of nitrogens with zero attached hydrogens (tertiary/aromatic N) is 1. The van der Waals surface area contributed by atoms with E-state index < -0.39 is 29.7 Å². The summed E-state index contributed by atoms with van der Waals surface area (Å²) in [6.07, 6.45) is 0.808. The summed E-state index contributed by atoms with van der Waals surface area (Å²) in [6, 6.07) is 12.8. The highest BCUT2D eigenvalue weighted by atomic mass is 32.1. The van der Waals surface area contributed by atoms with Crippen LogP contribution in [0.5, 0.6) is 0 Å². The van der Waals surface area contributed by atoms with Crippen LogP contribution in [-0.4, -0.2) is 46.7 Å². The number of benzene rings is 2. The molecule has 2 unspecified atom stereocenters. The number of nitrogens with one attached hydrogen (secondary N) is 2. The minimum atomic E-state index is -1.01. The topological polar surface area (TPSA) is 87.7 Å². The van der Waals surface area contributed by atoms with E-state index in [-0.39, 0.29) is 18.2 Å². The molecule has 7 nitrogen and oxygen atoms in total. The minimum Gasteiger partial charge on any atom is -0.444 e. The predicted molar refractivity (Wildman–Crippen MR) is 143 cm³/mol. The van der Waals surface area contributed by atoms with E-state index in [1.165, 1.54) is 4.90 Å². The van der Waals surface area contributed by atoms with Gasteiger partial charge in [0.05, 0.1) is 0 Å². The summed E-state index contributed by atoms with van der Waals surface area (Å²) in [5, 5.41) is 5.53. The highest BCUT2D eigenvalue weighted by Crippen LogP contribution is 2.26. The normalized spacial score (nSPS) is 12.7. The number of para-hydroxylation sites is 1. The van der Waals surface area contributed by atoms with Crippen LogP contribution in [0, 0.1) is 13.8 Å². The van der Waals surface area contributed by atoms with Crippen molar-refractivity contribution >= 4 is 36.2 Å². The molecule has 2 aromatic carbocycles. The van der Waals surface area contributed by atoms with Gasteiger partial charge in [-0.05, 0) is 51.8 Å². The van der Waals surface area contributed by atoms with Crippen molar-refractivity contribution in [1.82, 2.24) is 10.2 Å². The van der Waals surface area contributed by atoms with E-state index in [9.17, 15) is 14.4 Å². The number of anilines is 1. The molecule has 2 atom stereocenters. The maximum absolute atomic E-state index is 13.7. The minimum absolute atomic E-state index is 0.0196. The third-order valence-corrected chi connectivity index (χ3v) is 5.50. The fourth-order valence-electron chi connectivity index (χ4n) is 3.43. The van der Waals surface area contributed by atoms with Crippen molar-refractivity contribution in [2.24, 2.45) is 0 Å². The predicted octanol–water partition coefficient (Wildman–Crippen LogP) is 4.82. The largest absolute Gasteiger partial charge is 0.444 e. The number of alkyl carbamates (subject to hydrolysis) is 1. The van der Waals surface area contributed by atoms with Crippen LogP contribution in [0.2, 0.25) is 0 Å². The van der Waals surface area contributed by atoms with Gasteiger partial charge in [-0.25, -0.2) is 4.79 Å². The number of carbonyl (C=O) groups excluding carboxylic acids is 3. The molecule has 2 aromatic rings. The smallest absolute Gasteiger partial charge is 0.408 e. The Kier molecular flexibility index (Phi) is 9.95. The van der Waals surface area contributed by atoms with Gasteiger partial charge >= 0.3 is 6.09 Å². The molecule has 8 heteroatoms. The second-order valence-corrected chi connectivity index (χ2v) is 9.64. The Morgan fingerprint density at radius 2 is 1.71 bits per heavy atom. The van der Waals surface area contributed by atoms with Gasteiger partial charge in [0, 0.05) is 18.0 Å². The molecule has 0 bridgehead atoms. The summed E-state index contributed by atoms with van der Waals surface area (Å²) in [5.41, 5.74) is 2.47. The van der Waals surface area contributed by atoms with Gasteiger partial charge in [0.1, 0.15) is 17.7 Å². The van der Waals surface area contributed by atoms with E-state index in [2.05, 4.69) is 29.8 Å². The summed E-state index contributed by atoms with van der Waals surface area (Å²) in [6.45, 7) is 12.9. The monoisotopic (exact) mass is 497 g/mol. The standard InChI is InChI=1S/C27H35N3O4S/c1-7-16-30(25(32)22(17-35)29-26(33)34-27(4,5)6)23(20-14-12-18(2)13-15-20)24(31)28-21-11-9-8-10-19(21)3/h7-15,22-23,35H,1,16-17H2,2-6H3,(H,28,31)(H,29,33). The van der Waals surface area contributed by atoms with E-state index >= 15 is 0 Å². The van der Waals surface area contributed by atoms with Crippen molar-refractivity contribution in [2.75, 3.05) is 17.6 Å². The van der Waals surface area contributed by atoms with Gasteiger partial charge in [0.25, 0.3) is 5.91 Å². The van der Waals surface area contributed by atoms with Crippen LogP contribution in [-0.2, 0) is 14.3 Å². The quantitative estimate of drug-likeness (QED) is 0.342. The van der Waals surface area contributed by atoms with Crippen molar-refractivity contribution in [2.45, 2.75) is 52.3 Å². The van der Waals surface area contributed by atoms with Gasteiger partial charge in [-0.2, -0.15) is 12.6 Å². The molecule has 0 radical (unpaired) electrons. The second kappa shape index (κ2) is 12.4. The Hall–Kier alpha value is -3.26. The number of thiol groups is 1. The first kappa shape index (κ1) is 28.0. The van der Waals surface area contributed by atoms with Crippen molar-refractivity contribution in [1.29, 1.82) is 0 Å². The third-order valence-electron chi connectivity index (χ3n) is 5.14. The lowest BCUT2D eigenvalue weighted by Gasteiger charge is -2.33. The maximum Gasteiger partial charge on any atom is 0.408 e. The lowest BCUT2D eigenvalue weighted by atomic mass is 10.0. The van der Waals surface area contributed by atoms with Crippen LogP contribution in [0.1, 0.15) is 43.5 Å². The molecule has 2 N–H and O–H groups in total. The van der Waals surface area contributed by atoms with E-state index in [1.54, 1.807) is 32.9 Å². The summed E-state index contributed by atoms with van der Waals surface area (Å²) < 4.78 is 5.30. The Labute approximate surface area is 213 Å². The molecule has 0 saturated heterocycles. The molecule has 0 aliphatic carbocycles. The first-order chi connectivity index (χ1) is 16.5. The fourth-order valence-corrected chi connectivity index (χ4v) is 3.68. The summed E-state index contributed by atoms with van der Waals surface area (Å²) in [4.78, 5) is 41.0. The van der Waals surface area contributed by atoms with Crippen LogP contribution in [0.25, 0.3) is 0 Å². The summed E-state index contributed by atoms with van der Waals surface area (Å²) in [7, 11) is 0. The highest BCUT2D eigenvalue weighted by molar-refractivity contribution is 7.80. The Morgan fingerprint density at radius 3 is 2.26 bits per heavy atom. The van der Waals surface area contributed by atoms with Crippen LogP contribution < -0.4 is 10.6 Å². The first-order valence-corrected chi connectivity index (χ1v) is 12.0. The maximum atomic E-state index is 13.7. The zero-order chi connectivity index (χ0) is 26.2. The second-order valence-electron chi connectivity index (χ2n) is 9.28. The van der Waals surface area contributed by atoms with Gasteiger partial charge in [-0.1, -0.05) is 54.1 Å². The lowest BCUT2D eigenvalue weighted by molar-refractivity contribution is -0.139. The molecule has 0 spiro atoms. The van der Waals surface area contributed by atoms with Crippen LogP contribution in [0.3, 0.4) is 0 Å². The van der Waals surface area contributed by atoms with E-state index in [1.807, 2.05) is 56.3 Å². The van der Waals surface area contributed by atoms with Gasteiger partial charge in [-0.15, -0.1) is 6.58 Å². The molecular formula is C27H35N3O4S. The molecule has 0 aliphatic heterocycles. The van der Waals surface area contributed by atoms with E-state index in [0.717, 1.165) is 11.1 Å². The molecule has 0 aliphatic rings. The Balaban J connectivity index is 2.44. The molecule has 2 rings (SSSR count). The number of hydrogen-bond acceptors (Lipinski definition) is 5. The van der Waals surface area contributed by atoms with Crippen LogP contribution in [0.4, 0.5) is 10.5 Å². The third kappa shape index (κ3) is 8.17. The number of ether oxygens (including phenoxy) is 1. The number of amides is 3. The van der Waals surface area contributed by atoms with Crippen LogP contribution in [0.15, 0.2) is 61.2 Å². The average molecular weight is 498 g/mol. The number of rotatable bonds is 9. The number of hydrogen-bond donors (Lipinski definition) is 3. The molecule has 0 aromatic heterocycles. The van der Waals surface area contributed by atoms with Crippen molar-refractivity contribution in [3.63, 3.8) is 0 Å². The Bertz CT molecular complexity index is 1050.